The van der Waals surface area contributed by atoms with Crippen LogP contribution in [0.15, 0.2) is 72.8 Å². The Morgan fingerprint density at radius 1 is 0.815 bits per heavy atom. The average Bonchev–Trinajstić information content (AvgIpc) is 2.73. The molecular weight excluding hydrogens is 342 g/mol. The molecule has 0 aliphatic rings. The summed E-state index contributed by atoms with van der Waals surface area (Å²) in [6.45, 7) is -0.167. The first-order valence-corrected chi connectivity index (χ1v) is 8.51. The van der Waals surface area contributed by atoms with E-state index < -0.39 is 0 Å². The molecule has 5 nitrogen and oxygen atoms in total. The van der Waals surface area contributed by atoms with E-state index in [4.69, 9.17) is 14.2 Å². The molecule has 0 atom stereocenters. The molecule has 3 rings (SSSR count). The quantitative estimate of drug-likeness (QED) is 0.676. The van der Waals surface area contributed by atoms with Crippen LogP contribution >= 0.6 is 0 Å². The zero-order valence-corrected chi connectivity index (χ0v) is 15.3. The van der Waals surface area contributed by atoms with Crippen molar-refractivity contribution in [3.8, 4) is 28.4 Å². The van der Waals surface area contributed by atoms with Gasteiger partial charge in [0.25, 0.3) is 5.91 Å². The Bertz CT molecular complexity index is 887. The lowest BCUT2D eigenvalue weighted by atomic mass is 10.0. The number of ether oxygens (including phenoxy) is 3. The van der Waals surface area contributed by atoms with Crippen LogP contribution in [0.3, 0.4) is 0 Å². The second-order valence-corrected chi connectivity index (χ2v) is 5.74. The zero-order chi connectivity index (χ0) is 19.1. The van der Waals surface area contributed by atoms with E-state index in [-0.39, 0.29) is 12.5 Å². The van der Waals surface area contributed by atoms with Gasteiger partial charge in [0.2, 0.25) is 5.75 Å². The van der Waals surface area contributed by atoms with Crippen LogP contribution in [-0.2, 0) is 4.79 Å². The molecule has 1 amide bonds. The van der Waals surface area contributed by atoms with Gasteiger partial charge in [-0.05, 0) is 23.8 Å². The second-order valence-electron chi connectivity index (χ2n) is 5.74. The van der Waals surface area contributed by atoms with Crippen molar-refractivity contribution in [1.29, 1.82) is 0 Å². The summed E-state index contributed by atoms with van der Waals surface area (Å²) < 4.78 is 16.2. The van der Waals surface area contributed by atoms with Gasteiger partial charge in [-0.1, -0.05) is 54.6 Å². The van der Waals surface area contributed by atoms with Crippen LogP contribution in [0.2, 0.25) is 0 Å². The fraction of sp³-hybridized carbons (Fsp3) is 0.136. The second kappa shape index (κ2) is 8.76. The molecule has 0 radical (unpaired) electrons. The minimum Gasteiger partial charge on any atom is -0.493 e. The van der Waals surface area contributed by atoms with E-state index in [1.54, 1.807) is 18.2 Å². The van der Waals surface area contributed by atoms with Crippen LogP contribution in [0.25, 0.3) is 11.1 Å². The molecule has 3 aromatic rings. The van der Waals surface area contributed by atoms with Crippen molar-refractivity contribution in [2.45, 2.75) is 0 Å². The summed E-state index contributed by atoms with van der Waals surface area (Å²) in [4.78, 5) is 12.5. The Morgan fingerprint density at radius 3 is 2.11 bits per heavy atom. The molecule has 0 aliphatic carbocycles. The third kappa shape index (κ3) is 4.39. The van der Waals surface area contributed by atoms with Crippen molar-refractivity contribution in [3.05, 3.63) is 72.8 Å². The van der Waals surface area contributed by atoms with Gasteiger partial charge < -0.3 is 19.5 Å². The highest BCUT2D eigenvalue weighted by atomic mass is 16.5. The normalized spacial score (nSPS) is 10.1. The Morgan fingerprint density at radius 2 is 1.44 bits per heavy atom. The summed E-state index contributed by atoms with van der Waals surface area (Å²) in [7, 11) is 3.08. The first-order chi connectivity index (χ1) is 13.2. The van der Waals surface area contributed by atoms with Crippen molar-refractivity contribution in [2.75, 3.05) is 26.1 Å². The van der Waals surface area contributed by atoms with Crippen LogP contribution in [0.1, 0.15) is 0 Å². The van der Waals surface area contributed by atoms with Gasteiger partial charge in [0.15, 0.2) is 18.1 Å². The van der Waals surface area contributed by atoms with E-state index >= 15 is 0 Å². The molecule has 0 aliphatic heterocycles. The third-order valence-electron chi connectivity index (χ3n) is 4.02. The Hall–Kier alpha value is -3.47. The maximum Gasteiger partial charge on any atom is 0.262 e. The Labute approximate surface area is 158 Å². The molecule has 0 spiro atoms. The monoisotopic (exact) mass is 363 g/mol. The van der Waals surface area contributed by atoms with Crippen molar-refractivity contribution in [1.82, 2.24) is 0 Å². The predicted octanol–water partition coefficient (Wildman–Crippen LogP) is 4.39. The SMILES string of the molecule is COc1cccc(OC)c1OCC(=O)Nc1ccccc1-c1ccccc1. The number of hydrogen-bond donors (Lipinski definition) is 1. The Balaban J connectivity index is 1.73. The van der Waals surface area contributed by atoms with E-state index in [1.807, 2.05) is 54.6 Å². The number of amides is 1. The van der Waals surface area contributed by atoms with E-state index in [1.165, 1.54) is 14.2 Å². The number of benzene rings is 3. The van der Waals surface area contributed by atoms with Gasteiger partial charge in [0, 0.05) is 11.3 Å². The number of carbonyl (C=O) groups is 1. The molecule has 138 valence electrons. The van der Waals surface area contributed by atoms with Gasteiger partial charge in [0.05, 0.1) is 14.2 Å². The molecule has 0 fully saturated rings. The zero-order valence-electron chi connectivity index (χ0n) is 15.3. The first-order valence-electron chi connectivity index (χ1n) is 8.51. The highest BCUT2D eigenvalue weighted by Gasteiger charge is 2.14. The lowest BCUT2D eigenvalue weighted by Crippen LogP contribution is -2.21. The molecule has 0 bridgehead atoms. The smallest absolute Gasteiger partial charge is 0.262 e. The number of anilines is 1. The molecule has 0 saturated carbocycles. The van der Waals surface area contributed by atoms with Crippen molar-refractivity contribution < 1.29 is 19.0 Å². The third-order valence-corrected chi connectivity index (χ3v) is 4.02. The first kappa shape index (κ1) is 18.3. The van der Waals surface area contributed by atoms with Gasteiger partial charge in [-0.25, -0.2) is 0 Å². The molecule has 0 heterocycles. The average molecular weight is 363 g/mol. The minimum absolute atomic E-state index is 0.167. The molecular formula is C22H21NO4. The van der Waals surface area contributed by atoms with Crippen LogP contribution < -0.4 is 19.5 Å². The maximum atomic E-state index is 12.5. The van der Waals surface area contributed by atoms with Crippen LogP contribution in [0, 0.1) is 0 Å². The van der Waals surface area contributed by atoms with E-state index in [0.717, 1.165) is 16.8 Å². The van der Waals surface area contributed by atoms with Gasteiger partial charge in [0.1, 0.15) is 0 Å². The summed E-state index contributed by atoms with van der Waals surface area (Å²) in [5.74, 6) is 1.14. The molecule has 5 heteroatoms. The lowest BCUT2D eigenvalue weighted by molar-refractivity contribution is -0.118. The predicted molar refractivity (Wildman–Crippen MR) is 106 cm³/mol. The van der Waals surface area contributed by atoms with Gasteiger partial charge >= 0.3 is 0 Å². The number of nitrogens with one attached hydrogen (secondary N) is 1. The standard InChI is InChI=1S/C22H21NO4/c1-25-19-13-8-14-20(26-2)22(19)27-15-21(24)23-18-12-7-6-11-17(18)16-9-4-3-5-10-16/h3-14H,15H2,1-2H3,(H,23,24). The summed E-state index contributed by atoms with van der Waals surface area (Å²) in [5, 5.41) is 2.91. The van der Waals surface area contributed by atoms with E-state index in [9.17, 15) is 4.79 Å². The maximum absolute atomic E-state index is 12.5. The molecule has 1 N–H and O–H groups in total. The number of carbonyl (C=O) groups excluding carboxylic acids is 1. The summed E-state index contributed by atoms with van der Waals surface area (Å²) in [6, 6.07) is 22.8. The highest BCUT2D eigenvalue weighted by Crippen LogP contribution is 2.36. The van der Waals surface area contributed by atoms with Crippen molar-refractivity contribution >= 4 is 11.6 Å². The number of para-hydroxylation sites is 2. The summed E-state index contributed by atoms with van der Waals surface area (Å²) in [5.41, 5.74) is 2.70. The van der Waals surface area contributed by atoms with Gasteiger partial charge in [-0.3, -0.25) is 4.79 Å². The van der Waals surface area contributed by atoms with Crippen LogP contribution in [-0.4, -0.2) is 26.7 Å². The number of hydrogen-bond acceptors (Lipinski definition) is 4. The molecule has 27 heavy (non-hydrogen) atoms. The Kier molecular flexibility index (Phi) is 5.94. The number of methoxy groups -OCH3 is 2. The molecule has 3 aromatic carbocycles. The van der Waals surface area contributed by atoms with Crippen molar-refractivity contribution in [2.24, 2.45) is 0 Å². The lowest BCUT2D eigenvalue weighted by Gasteiger charge is -2.15. The van der Waals surface area contributed by atoms with Crippen LogP contribution in [0.4, 0.5) is 5.69 Å². The van der Waals surface area contributed by atoms with Gasteiger partial charge in [-0.15, -0.1) is 0 Å². The minimum atomic E-state index is -0.272. The fourth-order valence-corrected chi connectivity index (χ4v) is 2.75. The number of rotatable bonds is 7. The van der Waals surface area contributed by atoms with Gasteiger partial charge in [-0.2, -0.15) is 0 Å². The van der Waals surface area contributed by atoms with Crippen LogP contribution in [0.5, 0.6) is 17.2 Å². The fourth-order valence-electron chi connectivity index (χ4n) is 2.75. The molecule has 0 aromatic heterocycles. The van der Waals surface area contributed by atoms with E-state index in [0.29, 0.717) is 17.2 Å². The van der Waals surface area contributed by atoms with Crippen molar-refractivity contribution in [3.63, 3.8) is 0 Å². The van der Waals surface area contributed by atoms with E-state index in [2.05, 4.69) is 5.32 Å². The largest absolute Gasteiger partial charge is 0.493 e. The summed E-state index contributed by atoms with van der Waals surface area (Å²) in [6.07, 6.45) is 0. The topological polar surface area (TPSA) is 56.8 Å². The molecule has 0 saturated heterocycles. The highest BCUT2D eigenvalue weighted by molar-refractivity contribution is 5.96. The summed E-state index contributed by atoms with van der Waals surface area (Å²) >= 11 is 0. The molecule has 0 unspecified atom stereocenters.